The summed E-state index contributed by atoms with van der Waals surface area (Å²) >= 11 is 1.74. The fourth-order valence-electron chi connectivity index (χ4n) is 2.95. The molecule has 0 spiro atoms. The molecule has 6 heteroatoms. The Hall–Kier alpha value is -0.910. The van der Waals surface area contributed by atoms with Crippen LogP contribution in [0.3, 0.4) is 0 Å². The topological polar surface area (TPSA) is 49.6 Å². The van der Waals surface area contributed by atoms with E-state index in [1.54, 1.807) is 11.8 Å². The predicted octanol–water partition coefficient (Wildman–Crippen LogP) is 2.62. The van der Waals surface area contributed by atoms with E-state index in [0.717, 1.165) is 38.1 Å². The summed E-state index contributed by atoms with van der Waals surface area (Å²) in [6.07, 6.45) is 4.82. The smallest absolute Gasteiger partial charge is 0.239 e. The number of amides is 1. The van der Waals surface area contributed by atoms with Gasteiger partial charge in [0.2, 0.25) is 5.91 Å². The second-order valence-electron chi connectivity index (χ2n) is 5.89. The molecule has 0 unspecified atom stereocenters. The molecular weight excluding hydrogens is 330 g/mol. The summed E-state index contributed by atoms with van der Waals surface area (Å²) in [5, 5.41) is 0. The number of piperidine rings is 1. The van der Waals surface area contributed by atoms with Crippen molar-refractivity contribution in [2.45, 2.75) is 31.3 Å². The van der Waals surface area contributed by atoms with E-state index in [1.165, 1.54) is 5.69 Å². The first-order valence-electron chi connectivity index (χ1n) is 7.94. The molecule has 1 heterocycles. The largest absolute Gasteiger partial charge is 0.371 e. The number of hydrogen-bond donors (Lipinski definition) is 1. The van der Waals surface area contributed by atoms with Crippen LogP contribution in [0.25, 0.3) is 0 Å². The number of hydrogen-bond acceptors (Lipinski definition) is 4. The first-order chi connectivity index (χ1) is 10.6. The fraction of sp³-hybridized carbons (Fsp3) is 0.588. The summed E-state index contributed by atoms with van der Waals surface area (Å²) in [5.74, 6) is 1.06. The Bertz CT molecular complexity index is 466. The van der Waals surface area contributed by atoms with Crippen molar-refractivity contribution < 1.29 is 4.79 Å². The molecular formula is C17H28ClN3OS. The van der Waals surface area contributed by atoms with Gasteiger partial charge in [0, 0.05) is 31.9 Å². The number of anilines is 1. The molecule has 23 heavy (non-hydrogen) atoms. The summed E-state index contributed by atoms with van der Waals surface area (Å²) in [6, 6.07) is 10.6. The van der Waals surface area contributed by atoms with E-state index in [-0.39, 0.29) is 24.4 Å². The van der Waals surface area contributed by atoms with Crippen molar-refractivity contribution >= 4 is 35.8 Å². The monoisotopic (exact) mass is 357 g/mol. The van der Waals surface area contributed by atoms with Gasteiger partial charge in [-0.1, -0.05) is 18.2 Å². The van der Waals surface area contributed by atoms with E-state index in [9.17, 15) is 4.79 Å². The van der Waals surface area contributed by atoms with Gasteiger partial charge in [-0.05, 0) is 43.4 Å². The van der Waals surface area contributed by atoms with Crippen LogP contribution in [0.15, 0.2) is 30.3 Å². The van der Waals surface area contributed by atoms with Gasteiger partial charge < -0.3 is 15.5 Å². The first-order valence-corrected chi connectivity index (χ1v) is 9.34. The van der Waals surface area contributed by atoms with Crippen LogP contribution in [0.4, 0.5) is 5.69 Å². The number of nitrogens with two attached hydrogens (primary N) is 1. The van der Waals surface area contributed by atoms with E-state index in [0.29, 0.717) is 6.04 Å². The highest BCUT2D eigenvalue weighted by atomic mass is 35.5. The van der Waals surface area contributed by atoms with Crippen LogP contribution in [0, 0.1) is 0 Å². The number of benzene rings is 1. The number of likely N-dealkylation sites (tertiary alicyclic amines) is 1. The van der Waals surface area contributed by atoms with Crippen LogP contribution in [0.2, 0.25) is 0 Å². The fourth-order valence-corrected chi connectivity index (χ4v) is 3.44. The van der Waals surface area contributed by atoms with Gasteiger partial charge in [0.25, 0.3) is 0 Å². The van der Waals surface area contributed by atoms with E-state index in [2.05, 4.69) is 36.2 Å². The number of nitrogens with zero attached hydrogens (tertiary/aromatic N) is 2. The van der Waals surface area contributed by atoms with E-state index < -0.39 is 0 Å². The van der Waals surface area contributed by atoms with Crippen molar-refractivity contribution in [3.05, 3.63) is 30.3 Å². The van der Waals surface area contributed by atoms with Gasteiger partial charge in [0.15, 0.2) is 0 Å². The second-order valence-corrected chi connectivity index (χ2v) is 6.88. The Balaban J connectivity index is 0.00000264. The zero-order valence-electron chi connectivity index (χ0n) is 14.0. The molecule has 1 aliphatic heterocycles. The number of rotatable bonds is 6. The van der Waals surface area contributed by atoms with Crippen molar-refractivity contribution in [3.63, 3.8) is 0 Å². The molecule has 4 nitrogen and oxygen atoms in total. The molecule has 1 aromatic rings. The van der Waals surface area contributed by atoms with E-state index in [4.69, 9.17) is 5.73 Å². The number of thioether (sulfide) groups is 1. The average molecular weight is 358 g/mol. The Morgan fingerprint density at radius 1 is 1.35 bits per heavy atom. The molecule has 1 saturated heterocycles. The number of halogens is 1. The SMILES string of the molecule is CSCC[C@H](N)C(=O)N1CCC(N(C)c2ccccc2)CC1.Cl. The summed E-state index contributed by atoms with van der Waals surface area (Å²) in [6.45, 7) is 1.63. The maximum atomic E-state index is 12.3. The first kappa shape index (κ1) is 20.1. The molecule has 2 rings (SSSR count). The lowest BCUT2D eigenvalue weighted by Crippen LogP contribution is -2.50. The van der Waals surface area contributed by atoms with Crippen molar-refractivity contribution in [2.75, 3.05) is 37.0 Å². The average Bonchev–Trinajstić information content (AvgIpc) is 2.59. The van der Waals surface area contributed by atoms with Crippen molar-refractivity contribution in [2.24, 2.45) is 5.73 Å². The van der Waals surface area contributed by atoms with Crippen LogP contribution in [0.1, 0.15) is 19.3 Å². The third kappa shape index (κ3) is 5.59. The molecule has 0 bridgehead atoms. The number of carbonyl (C=O) groups excluding carboxylic acids is 1. The highest BCUT2D eigenvalue weighted by Crippen LogP contribution is 2.22. The zero-order valence-corrected chi connectivity index (χ0v) is 15.6. The van der Waals surface area contributed by atoms with Gasteiger partial charge >= 0.3 is 0 Å². The van der Waals surface area contributed by atoms with Crippen molar-refractivity contribution in [1.82, 2.24) is 4.90 Å². The van der Waals surface area contributed by atoms with Gasteiger partial charge in [-0.25, -0.2) is 0 Å². The molecule has 2 N–H and O–H groups in total. The van der Waals surface area contributed by atoms with Gasteiger partial charge in [0.05, 0.1) is 6.04 Å². The molecule has 0 aromatic heterocycles. The van der Waals surface area contributed by atoms with E-state index >= 15 is 0 Å². The standard InChI is InChI=1S/C17H27N3OS.ClH/c1-19(14-6-4-3-5-7-14)15-8-11-20(12-9-15)17(21)16(18)10-13-22-2;/h3-7,15-16H,8-13,18H2,1-2H3;1H/t16-;/m0./s1. The van der Waals surface area contributed by atoms with Crippen LogP contribution < -0.4 is 10.6 Å². The lowest BCUT2D eigenvalue weighted by Gasteiger charge is -2.38. The van der Waals surface area contributed by atoms with Gasteiger partial charge in [-0.3, -0.25) is 4.79 Å². The lowest BCUT2D eigenvalue weighted by molar-refractivity contribution is -0.133. The molecule has 1 amide bonds. The van der Waals surface area contributed by atoms with Crippen LogP contribution in [-0.4, -0.2) is 55.0 Å². The minimum atomic E-state index is -0.337. The van der Waals surface area contributed by atoms with Gasteiger partial charge in [0.1, 0.15) is 0 Å². The molecule has 0 radical (unpaired) electrons. The lowest BCUT2D eigenvalue weighted by atomic mass is 10.0. The Morgan fingerprint density at radius 3 is 2.52 bits per heavy atom. The molecule has 1 atom stereocenters. The van der Waals surface area contributed by atoms with Crippen LogP contribution >= 0.6 is 24.2 Å². The van der Waals surface area contributed by atoms with Gasteiger partial charge in [-0.2, -0.15) is 11.8 Å². The van der Waals surface area contributed by atoms with Crippen molar-refractivity contribution in [3.8, 4) is 0 Å². The number of carbonyl (C=O) groups is 1. The predicted molar refractivity (Wildman–Crippen MR) is 103 cm³/mol. The quantitative estimate of drug-likeness (QED) is 0.850. The Labute approximate surface area is 150 Å². The third-order valence-corrected chi connectivity index (χ3v) is 5.08. The normalized spacial score (nSPS) is 16.6. The molecule has 0 aliphatic carbocycles. The Morgan fingerprint density at radius 2 is 1.96 bits per heavy atom. The molecule has 130 valence electrons. The highest BCUT2D eigenvalue weighted by Gasteiger charge is 2.27. The number of para-hydroxylation sites is 1. The minimum absolute atomic E-state index is 0. The molecule has 1 aliphatic rings. The summed E-state index contributed by atoms with van der Waals surface area (Å²) < 4.78 is 0. The maximum absolute atomic E-state index is 12.3. The zero-order chi connectivity index (χ0) is 15.9. The van der Waals surface area contributed by atoms with Crippen LogP contribution in [0.5, 0.6) is 0 Å². The van der Waals surface area contributed by atoms with Gasteiger partial charge in [-0.15, -0.1) is 12.4 Å². The molecule has 1 fully saturated rings. The second kappa shape index (κ2) is 10.1. The minimum Gasteiger partial charge on any atom is -0.371 e. The maximum Gasteiger partial charge on any atom is 0.239 e. The summed E-state index contributed by atoms with van der Waals surface area (Å²) in [5.41, 5.74) is 7.24. The van der Waals surface area contributed by atoms with E-state index in [1.807, 2.05) is 17.2 Å². The molecule has 0 saturated carbocycles. The van der Waals surface area contributed by atoms with Crippen LogP contribution in [-0.2, 0) is 4.79 Å². The Kier molecular flexibility index (Phi) is 8.81. The van der Waals surface area contributed by atoms with Crippen molar-refractivity contribution in [1.29, 1.82) is 0 Å². The molecule has 1 aromatic carbocycles. The summed E-state index contributed by atoms with van der Waals surface area (Å²) in [4.78, 5) is 16.6. The summed E-state index contributed by atoms with van der Waals surface area (Å²) in [7, 11) is 2.14. The highest BCUT2D eigenvalue weighted by molar-refractivity contribution is 7.98. The third-order valence-electron chi connectivity index (χ3n) is 4.44.